The summed E-state index contributed by atoms with van der Waals surface area (Å²) in [4.78, 5) is 7.25. The van der Waals surface area contributed by atoms with Crippen molar-refractivity contribution in [2.45, 2.75) is 39.3 Å². The molecule has 4 nitrogen and oxygen atoms in total. The maximum Gasteiger partial charge on any atom is 0.206 e. The second kappa shape index (κ2) is 4.33. The van der Waals surface area contributed by atoms with Crippen LogP contribution >= 0.6 is 0 Å². The molecular weight excluding hydrogens is 212 g/mol. The molecule has 1 aromatic rings. The molecule has 2 aliphatic heterocycles. The number of hydrogen-bond donors (Lipinski definition) is 1. The summed E-state index contributed by atoms with van der Waals surface area (Å²) in [6, 6.07) is 0.674. The van der Waals surface area contributed by atoms with Gasteiger partial charge in [-0.3, -0.25) is 0 Å². The van der Waals surface area contributed by atoms with Crippen LogP contribution in [-0.2, 0) is 6.54 Å². The zero-order chi connectivity index (χ0) is 11.8. The highest BCUT2D eigenvalue weighted by atomic mass is 15.4. The van der Waals surface area contributed by atoms with Crippen molar-refractivity contribution in [2.24, 2.45) is 5.92 Å². The van der Waals surface area contributed by atoms with Gasteiger partial charge in [0, 0.05) is 38.4 Å². The molecule has 3 heterocycles. The lowest BCUT2D eigenvalue weighted by Gasteiger charge is -2.25. The fourth-order valence-corrected chi connectivity index (χ4v) is 3.27. The molecule has 4 heteroatoms. The minimum Gasteiger partial charge on any atom is -0.338 e. The quantitative estimate of drug-likeness (QED) is 0.858. The molecule has 2 atom stereocenters. The van der Waals surface area contributed by atoms with E-state index in [0.717, 1.165) is 24.7 Å². The number of rotatable bonds is 3. The Morgan fingerprint density at radius 2 is 2.35 bits per heavy atom. The Hall–Kier alpha value is -1.03. The van der Waals surface area contributed by atoms with Crippen molar-refractivity contribution in [2.75, 3.05) is 24.5 Å². The Kier molecular flexibility index (Phi) is 2.82. The molecule has 94 valence electrons. The molecule has 2 saturated heterocycles. The highest BCUT2D eigenvalue weighted by Crippen LogP contribution is 2.31. The van der Waals surface area contributed by atoms with E-state index in [0.29, 0.717) is 6.04 Å². The van der Waals surface area contributed by atoms with Gasteiger partial charge in [0.15, 0.2) is 0 Å². The van der Waals surface area contributed by atoms with Crippen molar-refractivity contribution < 1.29 is 0 Å². The van der Waals surface area contributed by atoms with E-state index >= 15 is 0 Å². The van der Waals surface area contributed by atoms with Crippen LogP contribution in [0.1, 0.15) is 25.5 Å². The van der Waals surface area contributed by atoms with Crippen LogP contribution in [0, 0.1) is 12.8 Å². The summed E-state index contributed by atoms with van der Waals surface area (Å²) in [5.74, 6) is 2.03. The number of anilines is 1. The number of nitrogens with one attached hydrogen (secondary N) is 1. The number of aromatic nitrogens is 2. The lowest BCUT2D eigenvalue weighted by Crippen LogP contribution is -2.36. The van der Waals surface area contributed by atoms with Gasteiger partial charge in [-0.05, 0) is 25.7 Å². The highest BCUT2D eigenvalue weighted by Gasteiger charge is 2.39. The molecule has 2 fully saturated rings. The van der Waals surface area contributed by atoms with Gasteiger partial charge in [-0.1, -0.05) is 6.92 Å². The van der Waals surface area contributed by atoms with E-state index in [1.54, 1.807) is 0 Å². The van der Waals surface area contributed by atoms with Gasteiger partial charge in [0.1, 0.15) is 0 Å². The van der Waals surface area contributed by atoms with Gasteiger partial charge in [-0.15, -0.1) is 0 Å². The van der Waals surface area contributed by atoms with Crippen LogP contribution in [0.4, 0.5) is 5.95 Å². The molecular formula is C13H22N4. The van der Waals surface area contributed by atoms with Crippen LogP contribution in [0.5, 0.6) is 0 Å². The summed E-state index contributed by atoms with van der Waals surface area (Å²) in [7, 11) is 0. The molecule has 0 amide bonds. The van der Waals surface area contributed by atoms with Gasteiger partial charge in [0.2, 0.25) is 5.95 Å². The lowest BCUT2D eigenvalue weighted by molar-refractivity contribution is 0.568. The summed E-state index contributed by atoms with van der Waals surface area (Å²) < 4.78 is 2.33. The third-order valence-electron chi connectivity index (χ3n) is 4.04. The van der Waals surface area contributed by atoms with E-state index in [1.807, 2.05) is 0 Å². The number of aryl methyl sites for hydroxylation is 2. The van der Waals surface area contributed by atoms with Gasteiger partial charge in [-0.25, -0.2) is 4.98 Å². The Bertz CT molecular complexity index is 398. The molecule has 3 rings (SSSR count). The van der Waals surface area contributed by atoms with Crippen LogP contribution in [0.3, 0.4) is 0 Å². The van der Waals surface area contributed by atoms with Crippen LogP contribution in [-0.4, -0.2) is 35.2 Å². The summed E-state index contributed by atoms with van der Waals surface area (Å²) in [5, 5.41) is 3.50. The van der Waals surface area contributed by atoms with Crippen molar-refractivity contribution in [1.29, 1.82) is 0 Å². The van der Waals surface area contributed by atoms with Crippen LogP contribution in [0.15, 0.2) is 6.20 Å². The largest absolute Gasteiger partial charge is 0.338 e. The van der Waals surface area contributed by atoms with Gasteiger partial charge < -0.3 is 14.8 Å². The summed E-state index contributed by atoms with van der Waals surface area (Å²) in [6.45, 7) is 8.89. The zero-order valence-corrected chi connectivity index (χ0v) is 10.8. The first-order valence-electron chi connectivity index (χ1n) is 6.80. The normalized spacial score (nSPS) is 27.8. The van der Waals surface area contributed by atoms with E-state index in [9.17, 15) is 0 Å². The molecule has 0 saturated carbocycles. The third kappa shape index (κ3) is 1.84. The van der Waals surface area contributed by atoms with Gasteiger partial charge in [0.25, 0.3) is 0 Å². The molecule has 0 unspecified atom stereocenters. The topological polar surface area (TPSA) is 33.1 Å². The van der Waals surface area contributed by atoms with E-state index in [1.165, 1.54) is 31.9 Å². The van der Waals surface area contributed by atoms with Crippen molar-refractivity contribution in [1.82, 2.24) is 14.9 Å². The number of hydrogen-bond acceptors (Lipinski definition) is 3. The molecule has 0 radical (unpaired) electrons. The molecule has 1 N–H and O–H groups in total. The summed E-state index contributed by atoms with van der Waals surface area (Å²) in [5.41, 5.74) is 1.14. The van der Waals surface area contributed by atoms with Crippen molar-refractivity contribution in [3.8, 4) is 0 Å². The minimum absolute atomic E-state index is 0.674. The highest BCUT2D eigenvalue weighted by molar-refractivity contribution is 5.38. The fourth-order valence-electron chi connectivity index (χ4n) is 3.27. The van der Waals surface area contributed by atoms with E-state index in [4.69, 9.17) is 4.98 Å². The van der Waals surface area contributed by atoms with Crippen molar-refractivity contribution in [3.05, 3.63) is 11.9 Å². The Morgan fingerprint density at radius 1 is 1.47 bits per heavy atom. The van der Waals surface area contributed by atoms with Crippen molar-refractivity contribution >= 4 is 5.95 Å². The lowest BCUT2D eigenvalue weighted by atomic mass is 10.1. The van der Waals surface area contributed by atoms with Crippen LogP contribution < -0.4 is 10.2 Å². The molecule has 1 aromatic heterocycles. The zero-order valence-electron chi connectivity index (χ0n) is 10.8. The number of imidazole rings is 1. The molecule has 0 spiro atoms. The summed E-state index contributed by atoms with van der Waals surface area (Å²) in [6.07, 6.45) is 4.67. The van der Waals surface area contributed by atoms with Crippen LogP contribution in [0.25, 0.3) is 0 Å². The molecule has 0 aliphatic carbocycles. The predicted octanol–water partition coefficient (Wildman–Crippen LogP) is 1.40. The third-order valence-corrected chi connectivity index (χ3v) is 4.04. The maximum absolute atomic E-state index is 4.73. The van der Waals surface area contributed by atoms with Gasteiger partial charge >= 0.3 is 0 Å². The summed E-state index contributed by atoms with van der Waals surface area (Å²) >= 11 is 0. The van der Waals surface area contributed by atoms with Gasteiger partial charge in [0.05, 0.1) is 5.69 Å². The van der Waals surface area contributed by atoms with E-state index < -0.39 is 0 Å². The second-order valence-corrected chi connectivity index (χ2v) is 5.34. The first-order valence-corrected chi connectivity index (χ1v) is 6.80. The van der Waals surface area contributed by atoms with Gasteiger partial charge in [-0.2, -0.15) is 0 Å². The molecule has 17 heavy (non-hydrogen) atoms. The predicted molar refractivity (Wildman–Crippen MR) is 69.4 cm³/mol. The number of fused-ring (bicyclic) bond motifs is 1. The average Bonchev–Trinajstić information content (AvgIpc) is 2.93. The van der Waals surface area contributed by atoms with Crippen LogP contribution in [0.2, 0.25) is 0 Å². The first kappa shape index (κ1) is 11.1. The minimum atomic E-state index is 0.674. The smallest absolute Gasteiger partial charge is 0.206 e. The first-order chi connectivity index (χ1) is 8.29. The SMILES string of the molecule is CCCn1cc(C)nc1N1CC[C@H]2CNC[C@H]21. The average molecular weight is 234 g/mol. The molecule has 0 aromatic carbocycles. The van der Waals surface area contributed by atoms with Crippen molar-refractivity contribution in [3.63, 3.8) is 0 Å². The van der Waals surface area contributed by atoms with E-state index in [2.05, 4.69) is 34.8 Å². The Balaban J connectivity index is 1.87. The molecule has 0 bridgehead atoms. The van der Waals surface area contributed by atoms with E-state index in [-0.39, 0.29) is 0 Å². The fraction of sp³-hybridized carbons (Fsp3) is 0.769. The Morgan fingerprint density at radius 3 is 3.18 bits per heavy atom. The Labute approximate surface area is 103 Å². The second-order valence-electron chi connectivity index (χ2n) is 5.34. The monoisotopic (exact) mass is 234 g/mol. The number of nitrogens with zero attached hydrogens (tertiary/aromatic N) is 3. The molecule has 2 aliphatic rings. The standard InChI is InChI=1S/C13H22N4/c1-3-5-16-9-10(2)15-13(16)17-6-4-11-7-14-8-12(11)17/h9,11-12,14H,3-8H2,1-2H3/t11-,12+/m0/s1. The maximum atomic E-state index is 4.73.